The van der Waals surface area contributed by atoms with Gasteiger partial charge in [-0.05, 0) is 51.6 Å². The van der Waals surface area contributed by atoms with Gasteiger partial charge in [0.2, 0.25) is 0 Å². The van der Waals surface area contributed by atoms with E-state index >= 15 is 0 Å². The van der Waals surface area contributed by atoms with Gasteiger partial charge in [-0.15, -0.1) is 0 Å². The van der Waals surface area contributed by atoms with Crippen molar-refractivity contribution in [1.82, 2.24) is 5.32 Å². The van der Waals surface area contributed by atoms with Gasteiger partial charge in [0.05, 0.1) is 0 Å². The van der Waals surface area contributed by atoms with Gasteiger partial charge < -0.3 is 5.32 Å². The van der Waals surface area contributed by atoms with Gasteiger partial charge in [0.1, 0.15) is 0 Å². The van der Waals surface area contributed by atoms with Gasteiger partial charge in [-0.25, -0.2) is 0 Å². The molecule has 0 aliphatic heterocycles. The van der Waals surface area contributed by atoms with Crippen LogP contribution in [-0.4, -0.2) is 13.1 Å². The third kappa shape index (κ3) is 39.7. The van der Waals surface area contributed by atoms with E-state index < -0.39 is 0 Å². The molecule has 0 aromatic heterocycles. The molecule has 0 aromatic rings. The van der Waals surface area contributed by atoms with Crippen LogP contribution in [0.2, 0.25) is 0 Å². The summed E-state index contributed by atoms with van der Waals surface area (Å²) < 4.78 is 0. The second-order valence-electron chi connectivity index (χ2n) is 13.4. The van der Waals surface area contributed by atoms with Crippen molar-refractivity contribution in [3.05, 3.63) is 12.2 Å². The molecule has 0 spiro atoms. The zero-order chi connectivity index (χ0) is 29.6. The minimum atomic E-state index is 1.24. The van der Waals surface area contributed by atoms with Crippen LogP contribution in [0, 0.1) is 0 Å². The molecule has 0 heterocycles. The zero-order valence-electron chi connectivity index (χ0n) is 29.1. The van der Waals surface area contributed by atoms with Crippen LogP contribution in [0.4, 0.5) is 0 Å². The van der Waals surface area contributed by atoms with Gasteiger partial charge >= 0.3 is 0 Å². The van der Waals surface area contributed by atoms with Gasteiger partial charge in [0.15, 0.2) is 0 Å². The summed E-state index contributed by atoms with van der Waals surface area (Å²) in [5.74, 6) is 0. The summed E-state index contributed by atoms with van der Waals surface area (Å²) in [5, 5.41) is 3.69. The number of hydrogen-bond acceptors (Lipinski definition) is 1. The molecule has 0 bridgehead atoms. The molecule has 1 heteroatoms. The van der Waals surface area contributed by atoms with E-state index in [1.807, 2.05) is 0 Å². The lowest BCUT2D eigenvalue weighted by Gasteiger charge is -2.06. The standard InChI is InChI=1S/C40H81N/c1-3-5-7-9-11-13-15-17-19-21-22-23-24-26-28-30-32-34-36-38-40-41-39-37-35-33-31-29-27-25-20-18-16-14-12-10-8-6-4-2/h17,19,41H,3-16,18,20-40H2,1-2H3. The van der Waals surface area contributed by atoms with Crippen LogP contribution >= 0.6 is 0 Å². The van der Waals surface area contributed by atoms with Crippen LogP contribution in [0.1, 0.15) is 232 Å². The average molecular weight is 576 g/mol. The van der Waals surface area contributed by atoms with Gasteiger partial charge in [0.25, 0.3) is 0 Å². The second-order valence-corrected chi connectivity index (χ2v) is 13.4. The summed E-state index contributed by atoms with van der Waals surface area (Å²) in [4.78, 5) is 0. The molecule has 0 unspecified atom stereocenters. The van der Waals surface area contributed by atoms with Crippen LogP contribution in [0.15, 0.2) is 12.2 Å². The van der Waals surface area contributed by atoms with Gasteiger partial charge in [-0.3, -0.25) is 0 Å². The minimum Gasteiger partial charge on any atom is -0.317 e. The van der Waals surface area contributed by atoms with Crippen molar-refractivity contribution in [2.75, 3.05) is 13.1 Å². The maximum absolute atomic E-state index is 3.69. The molecule has 0 saturated carbocycles. The predicted molar refractivity (Wildman–Crippen MR) is 190 cm³/mol. The number of allylic oxidation sites excluding steroid dienone is 2. The highest BCUT2D eigenvalue weighted by molar-refractivity contribution is 4.81. The summed E-state index contributed by atoms with van der Waals surface area (Å²) in [6, 6.07) is 0. The average Bonchev–Trinajstić information content (AvgIpc) is 2.98. The van der Waals surface area contributed by atoms with Gasteiger partial charge in [0, 0.05) is 0 Å². The first-order valence-corrected chi connectivity index (χ1v) is 19.8. The fourth-order valence-corrected chi connectivity index (χ4v) is 6.13. The summed E-state index contributed by atoms with van der Waals surface area (Å²) in [7, 11) is 0. The molecule has 1 N–H and O–H groups in total. The fraction of sp³-hybridized carbons (Fsp3) is 0.950. The number of nitrogens with one attached hydrogen (secondary N) is 1. The highest BCUT2D eigenvalue weighted by Gasteiger charge is 1.96. The van der Waals surface area contributed by atoms with E-state index in [1.165, 1.54) is 231 Å². The first kappa shape index (κ1) is 40.7. The summed E-state index contributed by atoms with van der Waals surface area (Å²) in [6.45, 7) is 7.09. The van der Waals surface area contributed by atoms with Crippen LogP contribution in [-0.2, 0) is 0 Å². The van der Waals surface area contributed by atoms with Crippen LogP contribution in [0.25, 0.3) is 0 Å². The molecule has 0 aliphatic rings. The molecular formula is C40H81N. The van der Waals surface area contributed by atoms with Crippen molar-refractivity contribution in [2.24, 2.45) is 0 Å². The highest BCUT2D eigenvalue weighted by Crippen LogP contribution is 2.14. The first-order valence-electron chi connectivity index (χ1n) is 19.8. The number of hydrogen-bond donors (Lipinski definition) is 1. The third-order valence-electron chi connectivity index (χ3n) is 9.07. The largest absolute Gasteiger partial charge is 0.317 e. The maximum atomic E-state index is 3.69. The summed E-state index contributed by atoms with van der Waals surface area (Å²) in [6.07, 6.45) is 53.7. The van der Waals surface area contributed by atoms with Gasteiger partial charge in [-0.1, -0.05) is 206 Å². The maximum Gasteiger partial charge on any atom is -0.00489 e. The monoisotopic (exact) mass is 576 g/mol. The lowest BCUT2D eigenvalue weighted by molar-refractivity contribution is 0.518. The van der Waals surface area contributed by atoms with E-state index in [1.54, 1.807) is 0 Å². The van der Waals surface area contributed by atoms with E-state index in [4.69, 9.17) is 0 Å². The van der Waals surface area contributed by atoms with E-state index in [9.17, 15) is 0 Å². The van der Waals surface area contributed by atoms with Crippen molar-refractivity contribution >= 4 is 0 Å². The molecule has 0 aromatic carbocycles. The molecule has 0 fully saturated rings. The molecule has 0 amide bonds. The number of rotatable bonds is 37. The molecule has 246 valence electrons. The quantitative estimate of drug-likeness (QED) is 0.0573. The van der Waals surface area contributed by atoms with Crippen molar-refractivity contribution in [1.29, 1.82) is 0 Å². The summed E-state index contributed by atoms with van der Waals surface area (Å²) >= 11 is 0. The Labute approximate surface area is 262 Å². The molecule has 41 heavy (non-hydrogen) atoms. The summed E-state index contributed by atoms with van der Waals surface area (Å²) in [5.41, 5.74) is 0. The molecule has 0 rings (SSSR count). The molecule has 0 aliphatic carbocycles. The Kier molecular flexibility index (Phi) is 39.4. The van der Waals surface area contributed by atoms with Crippen LogP contribution in [0.3, 0.4) is 0 Å². The lowest BCUT2D eigenvalue weighted by atomic mass is 10.0. The molecular weight excluding hydrogens is 494 g/mol. The van der Waals surface area contributed by atoms with Crippen molar-refractivity contribution in [3.63, 3.8) is 0 Å². The second kappa shape index (κ2) is 39.7. The van der Waals surface area contributed by atoms with Crippen molar-refractivity contribution < 1.29 is 0 Å². The minimum absolute atomic E-state index is 1.24. The molecule has 0 saturated heterocycles. The first-order chi connectivity index (χ1) is 20.4. The normalized spacial score (nSPS) is 11.8. The van der Waals surface area contributed by atoms with E-state index in [2.05, 4.69) is 31.3 Å². The Morgan fingerprint density at radius 2 is 0.488 bits per heavy atom. The van der Waals surface area contributed by atoms with Gasteiger partial charge in [-0.2, -0.15) is 0 Å². The predicted octanol–water partition coefficient (Wildman–Crippen LogP) is 14.4. The van der Waals surface area contributed by atoms with E-state index in [-0.39, 0.29) is 0 Å². The van der Waals surface area contributed by atoms with Crippen molar-refractivity contribution in [3.8, 4) is 0 Å². The molecule has 1 nitrogen and oxygen atoms in total. The van der Waals surface area contributed by atoms with E-state index in [0.29, 0.717) is 0 Å². The highest BCUT2D eigenvalue weighted by atomic mass is 14.8. The molecule has 0 radical (unpaired) electrons. The lowest BCUT2D eigenvalue weighted by Crippen LogP contribution is -2.16. The zero-order valence-corrected chi connectivity index (χ0v) is 29.1. The molecule has 0 atom stereocenters. The van der Waals surface area contributed by atoms with E-state index in [0.717, 1.165) is 0 Å². The smallest absolute Gasteiger partial charge is 0.00489 e. The van der Waals surface area contributed by atoms with Crippen LogP contribution in [0.5, 0.6) is 0 Å². The Hall–Kier alpha value is -0.300. The SMILES string of the molecule is CCCCCCCCC=CCCCCCCCCCCCCNCCCCCCCCCCCCCCCCCC. The van der Waals surface area contributed by atoms with Crippen LogP contribution < -0.4 is 5.32 Å². The fourth-order valence-electron chi connectivity index (χ4n) is 6.13. The Balaban J connectivity index is 3.05. The Morgan fingerprint density at radius 1 is 0.268 bits per heavy atom. The third-order valence-corrected chi connectivity index (χ3v) is 9.07. The number of unbranched alkanes of at least 4 members (excludes halogenated alkanes) is 31. The van der Waals surface area contributed by atoms with Crippen molar-refractivity contribution in [2.45, 2.75) is 232 Å². The Bertz CT molecular complexity index is 456. The topological polar surface area (TPSA) is 12.0 Å². The Morgan fingerprint density at radius 3 is 0.756 bits per heavy atom.